The maximum Gasteiger partial charge on any atom is 0.339 e. The fourth-order valence-corrected chi connectivity index (χ4v) is 1.29. The van der Waals surface area contributed by atoms with Crippen molar-refractivity contribution < 1.29 is 19.0 Å². The second-order valence-corrected chi connectivity index (χ2v) is 4.52. The van der Waals surface area contributed by atoms with Crippen LogP contribution < -0.4 is 4.74 Å². The van der Waals surface area contributed by atoms with Crippen LogP contribution in [0.15, 0.2) is 18.2 Å². The largest absolute Gasteiger partial charge is 0.490 e. The Kier molecular flexibility index (Phi) is 4.27. The van der Waals surface area contributed by atoms with Gasteiger partial charge in [0.05, 0.1) is 18.1 Å². The maximum absolute atomic E-state index is 13.5. The van der Waals surface area contributed by atoms with Crippen molar-refractivity contribution in [1.29, 1.82) is 5.26 Å². The maximum atomic E-state index is 13.5. The fourth-order valence-electron chi connectivity index (χ4n) is 1.29. The summed E-state index contributed by atoms with van der Waals surface area (Å²) in [4.78, 5) is 10.9. The highest BCUT2D eigenvalue weighted by Crippen LogP contribution is 2.25. The van der Waals surface area contributed by atoms with Crippen LogP contribution >= 0.6 is 0 Å². The van der Waals surface area contributed by atoms with Crippen molar-refractivity contribution >= 4 is 5.97 Å². The molecule has 0 fully saturated rings. The Bertz CT molecular complexity index is 491. The molecule has 0 bridgehead atoms. The molecule has 0 spiro atoms. The number of carboxylic acid groups (broad SMARTS) is 1. The molecule has 0 heterocycles. The normalized spacial score (nSPS) is 10.8. The van der Waals surface area contributed by atoms with Gasteiger partial charge in [0.1, 0.15) is 5.56 Å². The Balaban J connectivity index is 2.80. The Morgan fingerprint density at radius 1 is 1.56 bits per heavy atom. The van der Waals surface area contributed by atoms with Gasteiger partial charge in [-0.3, -0.25) is 0 Å². The highest BCUT2D eigenvalue weighted by Gasteiger charge is 2.19. The zero-order valence-electron chi connectivity index (χ0n) is 10.2. The number of halogens is 1. The van der Waals surface area contributed by atoms with Crippen molar-refractivity contribution in [1.82, 2.24) is 0 Å². The van der Waals surface area contributed by atoms with E-state index in [0.29, 0.717) is 6.42 Å². The Morgan fingerprint density at radius 2 is 2.22 bits per heavy atom. The molecule has 1 rings (SSSR count). The first-order valence-electron chi connectivity index (χ1n) is 5.43. The number of carboxylic acids is 1. The van der Waals surface area contributed by atoms with Gasteiger partial charge in [-0.15, -0.1) is 0 Å². The minimum Gasteiger partial charge on any atom is -0.490 e. The van der Waals surface area contributed by atoms with Crippen LogP contribution in [0.1, 0.15) is 30.6 Å². The summed E-state index contributed by atoms with van der Waals surface area (Å²) in [6, 6.07) is 5.81. The molecule has 0 aliphatic carbocycles. The molecule has 0 aliphatic heterocycles. The molecule has 5 heteroatoms. The zero-order valence-corrected chi connectivity index (χ0v) is 10.2. The van der Waals surface area contributed by atoms with Gasteiger partial charge in [0, 0.05) is 0 Å². The van der Waals surface area contributed by atoms with E-state index in [2.05, 4.69) is 6.07 Å². The Labute approximate surface area is 105 Å². The van der Waals surface area contributed by atoms with Crippen LogP contribution in [0.25, 0.3) is 0 Å². The highest BCUT2D eigenvalue weighted by molar-refractivity contribution is 5.90. The third-order valence-electron chi connectivity index (χ3n) is 2.47. The molecular weight excluding hydrogens is 237 g/mol. The molecule has 18 heavy (non-hydrogen) atoms. The van der Waals surface area contributed by atoms with Crippen molar-refractivity contribution in [3.8, 4) is 11.8 Å². The van der Waals surface area contributed by atoms with Gasteiger partial charge in [-0.25, -0.2) is 9.18 Å². The van der Waals surface area contributed by atoms with Crippen LogP contribution in [-0.4, -0.2) is 17.7 Å². The monoisotopic (exact) mass is 251 g/mol. The molecule has 0 aromatic heterocycles. The lowest BCUT2D eigenvalue weighted by atomic mass is 9.92. The number of nitriles is 1. The van der Waals surface area contributed by atoms with E-state index in [1.165, 1.54) is 12.1 Å². The van der Waals surface area contributed by atoms with E-state index in [-0.39, 0.29) is 17.9 Å². The molecule has 4 nitrogen and oxygen atoms in total. The molecule has 0 amide bonds. The number of para-hydroxylation sites is 1. The number of benzene rings is 1. The molecule has 1 aromatic carbocycles. The van der Waals surface area contributed by atoms with Gasteiger partial charge < -0.3 is 9.84 Å². The van der Waals surface area contributed by atoms with Crippen LogP contribution in [0.4, 0.5) is 4.39 Å². The SMILES string of the molecule is CC(C)(C#N)CCOc1c(F)cccc1C(=O)O. The molecule has 0 radical (unpaired) electrons. The Morgan fingerprint density at radius 3 is 2.78 bits per heavy atom. The summed E-state index contributed by atoms with van der Waals surface area (Å²) >= 11 is 0. The van der Waals surface area contributed by atoms with Crippen molar-refractivity contribution in [2.24, 2.45) is 5.41 Å². The summed E-state index contributed by atoms with van der Waals surface area (Å²) in [7, 11) is 0. The van der Waals surface area contributed by atoms with Gasteiger partial charge >= 0.3 is 5.97 Å². The molecule has 0 unspecified atom stereocenters. The van der Waals surface area contributed by atoms with Crippen LogP contribution in [0.5, 0.6) is 5.75 Å². The molecular formula is C13H14FNO3. The standard InChI is InChI=1S/C13H14FNO3/c1-13(2,8-15)6-7-18-11-9(12(16)17)4-3-5-10(11)14/h3-5H,6-7H2,1-2H3,(H,16,17). The number of rotatable bonds is 5. The van der Waals surface area contributed by atoms with Crippen LogP contribution in [0.2, 0.25) is 0 Å². The predicted octanol–water partition coefficient (Wildman–Crippen LogP) is 2.84. The van der Waals surface area contributed by atoms with Crippen molar-refractivity contribution in [2.45, 2.75) is 20.3 Å². The van der Waals surface area contributed by atoms with Crippen LogP contribution in [-0.2, 0) is 0 Å². The van der Waals surface area contributed by atoms with Crippen LogP contribution in [0, 0.1) is 22.6 Å². The third-order valence-corrected chi connectivity index (χ3v) is 2.47. The second-order valence-electron chi connectivity index (χ2n) is 4.52. The molecule has 0 saturated heterocycles. The molecule has 96 valence electrons. The van der Waals surface area contributed by atoms with E-state index in [1.54, 1.807) is 13.8 Å². The van der Waals surface area contributed by atoms with Crippen molar-refractivity contribution in [2.75, 3.05) is 6.61 Å². The summed E-state index contributed by atoms with van der Waals surface area (Å²) in [5.74, 6) is -2.24. The molecule has 0 saturated carbocycles. The van der Waals surface area contributed by atoms with E-state index >= 15 is 0 Å². The molecule has 0 atom stereocenters. The number of nitrogens with zero attached hydrogens (tertiary/aromatic N) is 1. The predicted molar refractivity (Wildman–Crippen MR) is 62.9 cm³/mol. The zero-order chi connectivity index (χ0) is 13.8. The van der Waals surface area contributed by atoms with Gasteiger partial charge in [-0.1, -0.05) is 6.07 Å². The second kappa shape index (κ2) is 5.50. The smallest absolute Gasteiger partial charge is 0.339 e. The van der Waals surface area contributed by atoms with E-state index in [1.807, 2.05) is 0 Å². The lowest BCUT2D eigenvalue weighted by molar-refractivity contribution is 0.0690. The van der Waals surface area contributed by atoms with Crippen molar-refractivity contribution in [3.63, 3.8) is 0 Å². The minimum atomic E-state index is -1.25. The van der Waals surface area contributed by atoms with Gasteiger partial charge in [-0.2, -0.15) is 5.26 Å². The summed E-state index contributed by atoms with van der Waals surface area (Å²) < 4.78 is 18.6. The number of aromatic carboxylic acids is 1. The lowest BCUT2D eigenvalue weighted by Gasteiger charge is -2.16. The number of hydrogen-bond acceptors (Lipinski definition) is 3. The molecule has 1 aromatic rings. The third kappa shape index (κ3) is 3.45. The first-order chi connectivity index (χ1) is 8.37. The van der Waals surface area contributed by atoms with E-state index < -0.39 is 17.2 Å². The van der Waals surface area contributed by atoms with Gasteiger partial charge in [0.2, 0.25) is 0 Å². The quantitative estimate of drug-likeness (QED) is 0.873. The molecule has 1 N–H and O–H groups in total. The first kappa shape index (κ1) is 14.0. The topological polar surface area (TPSA) is 70.3 Å². The van der Waals surface area contributed by atoms with Gasteiger partial charge in [-0.05, 0) is 32.4 Å². The average Bonchev–Trinajstić information content (AvgIpc) is 2.30. The molecule has 0 aliphatic rings. The summed E-state index contributed by atoms with van der Waals surface area (Å²) in [6.07, 6.45) is 0.386. The fraction of sp³-hybridized carbons (Fsp3) is 0.385. The summed E-state index contributed by atoms with van der Waals surface area (Å²) in [5, 5.41) is 17.7. The van der Waals surface area contributed by atoms with Gasteiger partial charge in [0.15, 0.2) is 11.6 Å². The highest BCUT2D eigenvalue weighted by atomic mass is 19.1. The van der Waals surface area contributed by atoms with Gasteiger partial charge in [0.25, 0.3) is 0 Å². The van der Waals surface area contributed by atoms with E-state index in [0.717, 1.165) is 6.07 Å². The number of ether oxygens (including phenoxy) is 1. The summed E-state index contributed by atoms with van der Waals surface area (Å²) in [5.41, 5.74) is -0.806. The number of carbonyl (C=O) groups is 1. The van der Waals surface area contributed by atoms with E-state index in [9.17, 15) is 9.18 Å². The Hall–Kier alpha value is -2.09. The minimum absolute atomic E-state index is 0.0851. The summed E-state index contributed by atoms with van der Waals surface area (Å²) in [6.45, 7) is 3.55. The number of hydrogen-bond donors (Lipinski definition) is 1. The average molecular weight is 251 g/mol. The van der Waals surface area contributed by atoms with Crippen molar-refractivity contribution in [3.05, 3.63) is 29.6 Å². The lowest BCUT2D eigenvalue weighted by Crippen LogP contribution is -2.14. The van der Waals surface area contributed by atoms with E-state index in [4.69, 9.17) is 15.1 Å². The van der Waals surface area contributed by atoms with Crippen LogP contribution in [0.3, 0.4) is 0 Å². The first-order valence-corrected chi connectivity index (χ1v) is 5.43.